The maximum Gasteiger partial charge on any atom is 0.323 e. The van der Waals surface area contributed by atoms with Crippen LogP contribution in [0.2, 0.25) is 0 Å². The van der Waals surface area contributed by atoms with Crippen LogP contribution in [0.3, 0.4) is 0 Å². The summed E-state index contributed by atoms with van der Waals surface area (Å²) in [7, 11) is 0. The molecule has 0 radical (unpaired) electrons. The highest BCUT2D eigenvalue weighted by Crippen LogP contribution is 2.30. The molecular formula is C28H43NO8. The Morgan fingerprint density at radius 1 is 0.892 bits per heavy atom. The van der Waals surface area contributed by atoms with Crippen molar-refractivity contribution >= 4 is 23.9 Å². The molecule has 37 heavy (non-hydrogen) atoms. The van der Waals surface area contributed by atoms with Crippen LogP contribution in [0.1, 0.15) is 80.2 Å². The second-order valence-corrected chi connectivity index (χ2v) is 10.8. The number of hydrogen-bond donors (Lipinski definition) is 1. The molecule has 0 bridgehead atoms. The minimum absolute atomic E-state index is 0.0832. The molecule has 2 N–H and O–H groups in total. The van der Waals surface area contributed by atoms with E-state index in [-0.39, 0.29) is 55.2 Å². The first-order chi connectivity index (χ1) is 17.1. The van der Waals surface area contributed by atoms with Gasteiger partial charge in [-0.2, -0.15) is 0 Å². The monoisotopic (exact) mass is 521 g/mol. The van der Waals surface area contributed by atoms with E-state index in [1.807, 2.05) is 34.6 Å². The van der Waals surface area contributed by atoms with Crippen LogP contribution in [0.15, 0.2) is 18.2 Å². The first-order valence-electron chi connectivity index (χ1n) is 12.8. The van der Waals surface area contributed by atoms with Crippen LogP contribution >= 0.6 is 0 Å². The molecule has 0 spiro atoms. The summed E-state index contributed by atoms with van der Waals surface area (Å²) in [5.74, 6) is -1.55. The van der Waals surface area contributed by atoms with Gasteiger partial charge in [0.25, 0.3) is 0 Å². The fraction of sp³-hybridized carbons (Fsp3) is 0.643. The summed E-state index contributed by atoms with van der Waals surface area (Å²) in [4.78, 5) is 49.1. The third kappa shape index (κ3) is 11.8. The van der Waals surface area contributed by atoms with Gasteiger partial charge in [-0.15, -0.1) is 0 Å². The van der Waals surface area contributed by atoms with Crippen LogP contribution in [0, 0.1) is 17.3 Å². The second-order valence-electron chi connectivity index (χ2n) is 10.8. The van der Waals surface area contributed by atoms with Gasteiger partial charge in [-0.1, -0.05) is 40.7 Å². The van der Waals surface area contributed by atoms with Crippen molar-refractivity contribution in [3.63, 3.8) is 0 Å². The van der Waals surface area contributed by atoms with E-state index in [4.69, 9.17) is 24.7 Å². The lowest BCUT2D eigenvalue weighted by Gasteiger charge is -2.23. The Morgan fingerprint density at radius 2 is 1.43 bits per heavy atom. The molecule has 208 valence electrons. The number of hydrogen-bond acceptors (Lipinski definition) is 9. The molecule has 9 nitrogen and oxygen atoms in total. The van der Waals surface area contributed by atoms with E-state index in [1.54, 1.807) is 26.8 Å². The fourth-order valence-corrected chi connectivity index (χ4v) is 3.00. The SMILES string of the molecule is CCC(C)(C)C(=O)O[C@@H](C)COC(=O)[C@@H](N)Cc1ccc(OC(=O)CC(C)C)c(OC(=O)CC(C)C)c1. The Balaban J connectivity index is 2.87. The second kappa shape index (κ2) is 14.7. The zero-order valence-electron chi connectivity index (χ0n) is 23.4. The van der Waals surface area contributed by atoms with Crippen LogP contribution in [0.4, 0.5) is 0 Å². The zero-order valence-corrected chi connectivity index (χ0v) is 23.4. The summed E-state index contributed by atoms with van der Waals surface area (Å²) in [5, 5.41) is 0. The highest BCUT2D eigenvalue weighted by molar-refractivity contribution is 5.78. The quantitative estimate of drug-likeness (QED) is 0.280. The number of nitrogens with two attached hydrogens (primary N) is 1. The highest BCUT2D eigenvalue weighted by atomic mass is 16.6. The Labute approximate surface area is 220 Å². The molecule has 1 rings (SSSR count). The molecule has 0 heterocycles. The van der Waals surface area contributed by atoms with E-state index < -0.39 is 35.5 Å². The predicted molar refractivity (Wildman–Crippen MR) is 139 cm³/mol. The standard InChI is InChI=1S/C28H43NO8/c1-9-28(7,8)27(33)35-19(6)16-34-26(32)21(29)14-20-10-11-22(36-24(30)12-17(2)3)23(15-20)37-25(31)13-18(4)5/h10-11,15,17-19,21H,9,12-14,16,29H2,1-8H3/t19-,21-/m0/s1. The van der Waals surface area contributed by atoms with E-state index in [0.717, 1.165) is 0 Å². The molecule has 0 fully saturated rings. The molecule has 2 atom stereocenters. The van der Waals surface area contributed by atoms with Crippen LogP contribution in [-0.2, 0) is 35.1 Å². The minimum Gasteiger partial charge on any atom is -0.461 e. The van der Waals surface area contributed by atoms with E-state index in [9.17, 15) is 19.2 Å². The number of benzene rings is 1. The van der Waals surface area contributed by atoms with Gasteiger partial charge in [0.1, 0.15) is 18.8 Å². The number of carbonyl (C=O) groups excluding carboxylic acids is 4. The first kappa shape index (κ1) is 32.1. The average molecular weight is 522 g/mol. The Hall–Kier alpha value is -2.94. The maximum absolute atomic E-state index is 12.4. The van der Waals surface area contributed by atoms with Crippen LogP contribution < -0.4 is 15.2 Å². The number of esters is 4. The Kier molecular flexibility index (Phi) is 12.8. The van der Waals surface area contributed by atoms with Gasteiger partial charge in [0.05, 0.1) is 5.41 Å². The lowest BCUT2D eigenvalue weighted by atomic mass is 9.91. The van der Waals surface area contributed by atoms with Gasteiger partial charge < -0.3 is 24.7 Å². The van der Waals surface area contributed by atoms with Gasteiger partial charge >= 0.3 is 23.9 Å². The summed E-state index contributed by atoms with van der Waals surface area (Å²) >= 11 is 0. The molecule has 1 aromatic carbocycles. The maximum atomic E-state index is 12.4. The molecule has 0 aliphatic carbocycles. The van der Waals surface area contributed by atoms with Gasteiger partial charge in [0.15, 0.2) is 11.5 Å². The third-order valence-corrected chi connectivity index (χ3v) is 5.57. The molecule has 0 amide bonds. The van der Waals surface area contributed by atoms with Crippen molar-refractivity contribution in [1.82, 2.24) is 0 Å². The minimum atomic E-state index is -1.01. The molecule has 0 saturated carbocycles. The summed E-state index contributed by atoms with van der Waals surface area (Å²) in [5.41, 5.74) is 6.01. The van der Waals surface area contributed by atoms with Gasteiger partial charge in [-0.3, -0.25) is 19.2 Å². The average Bonchev–Trinajstić information content (AvgIpc) is 2.77. The number of ether oxygens (including phenoxy) is 4. The predicted octanol–water partition coefficient (Wildman–Crippen LogP) is 4.37. The van der Waals surface area contributed by atoms with Crippen molar-refractivity contribution in [2.24, 2.45) is 23.0 Å². The Bertz CT molecular complexity index is 938. The van der Waals surface area contributed by atoms with Crippen molar-refractivity contribution in [3.8, 4) is 11.5 Å². The van der Waals surface area contributed by atoms with Crippen molar-refractivity contribution in [3.05, 3.63) is 23.8 Å². The number of carbonyl (C=O) groups is 4. The van der Waals surface area contributed by atoms with Crippen molar-refractivity contribution in [2.75, 3.05) is 6.61 Å². The first-order valence-corrected chi connectivity index (χ1v) is 12.8. The smallest absolute Gasteiger partial charge is 0.323 e. The lowest BCUT2D eigenvalue weighted by molar-refractivity contribution is -0.166. The zero-order chi connectivity index (χ0) is 28.3. The molecule has 0 aliphatic rings. The Morgan fingerprint density at radius 3 is 1.95 bits per heavy atom. The van der Waals surface area contributed by atoms with Crippen LogP contribution in [-0.4, -0.2) is 42.6 Å². The van der Waals surface area contributed by atoms with Crippen molar-refractivity contribution < 1.29 is 38.1 Å². The summed E-state index contributed by atoms with van der Waals surface area (Å²) in [6.45, 7) is 14.5. The van der Waals surface area contributed by atoms with Gasteiger partial charge in [0, 0.05) is 12.8 Å². The third-order valence-electron chi connectivity index (χ3n) is 5.57. The molecule has 0 saturated heterocycles. The van der Waals surface area contributed by atoms with Crippen molar-refractivity contribution in [2.45, 2.75) is 93.2 Å². The number of rotatable bonds is 14. The highest BCUT2D eigenvalue weighted by Gasteiger charge is 2.29. The van der Waals surface area contributed by atoms with E-state index in [2.05, 4.69) is 0 Å². The van der Waals surface area contributed by atoms with Crippen molar-refractivity contribution in [1.29, 1.82) is 0 Å². The molecule has 9 heteroatoms. The molecule has 0 unspecified atom stereocenters. The van der Waals surface area contributed by atoms with Gasteiger partial charge in [-0.25, -0.2) is 0 Å². The van der Waals surface area contributed by atoms with E-state index in [0.29, 0.717) is 12.0 Å². The largest absolute Gasteiger partial charge is 0.461 e. The van der Waals surface area contributed by atoms with E-state index >= 15 is 0 Å². The van der Waals surface area contributed by atoms with Crippen LogP contribution in [0.5, 0.6) is 11.5 Å². The van der Waals surface area contributed by atoms with Gasteiger partial charge in [-0.05, 0) is 63.1 Å². The summed E-state index contributed by atoms with van der Waals surface area (Å²) < 4.78 is 21.5. The fourth-order valence-electron chi connectivity index (χ4n) is 3.00. The molecular weight excluding hydrogens is 478 g/mol. The van der Waals surface area contributed by atoms with Gasteiger partial charge in [0.2, 0.25) is 0 Å². The summed E-state index contributed by atoms with van der Waals surface area (Å²) in [6.07, 6.45) is 0.481. The molecule has 0 aromatic heterocycles. The lowest BCUT2D eigenvalue weighted by Crippen LogP contribution is -2.37. The summed E-state index contributed by atoms with van der Waals surface area (Å²) in [6, 6.07) is 3.67. The molecule has 0 aliphatic heterocycles. The molecule has 1 aromatic rings. The topological polar surface area (TPSA) is 131 Å². The van der Waals surface area contributed by atoms with Crippen LogP contribution in [0.25, 0.3) is 0 Å². The van der Waals surface area contributed by atoms with E-state index in [1.165, 1.54) is 12.1 Å². The normalized spacial score (nSPS) is 13.2.